The van der Waals surface area contributed by atoms with E-state index < -0.39 is 0 Å². The molecular weight excluding hydrogens is 410 g/mol. The van der Waals surface area contributed by atoms with Crippen molar-refractivity contribution in [3.05, 3.63) is 89.4 Å². The molecule has 0 aliphatic heterocycles. The van der Waals surface area contributed by atoms with E-state index in [-0.39, 0.29) is 24.7 Å². The Bertz CT molecular complexity index is 1250. The Labute approximate surface area is 184 Å². The first-order valence-corrected chi connectivity index (χ1v) is 10.3. The Morgan fingerprint density at radius 1 is 0.806 bits per heavy atom. The van der Waals surface area contributed by atoms with Crippen LogP contribution in [-0.4, -0.2) is 18.0 Å². The molecule has 0 heterocycles. The highest BCUT2D eigenvalue weighted by molar-refractivity contribution is 6.33. The summed E-state index contributed by atoms with van der Waals surface area (Å²) < 4.78 is 0. The van der Waals surface area contributed by atoms with Gasteiger partial charge in [0, 0.05) is 18.4 Å². The molecule has 4 rings (SSSR count). The Kier molecular flexibility index (Phi) is 6.24. The van der Waals surface area contributed by atoms with Crippen molar-refractivity contribution in [3.63, 3.8) is 0 Å². The van der Waals surface area contributed by atoms with E-state index in [1.807, 2.05) is 36.4 Å². The van der Waals surface area contributed by atoms with Crippen LogP contribution in [0, 0.1) is 0 Å². The largest absolute Gasteiger partial charge is 0.325 e. The molecule has 0 spiro atoms. The number of benzene rings is 4. The third-order valence-electron chi connectivity index (χ3n) is 4.92. The van der Waals surface area contributed by atoms with Gasteiger partial charge in [-0.25, -0.2) is 5.43 Å². The lowest BCUT2D eigenvalue weighted by Gasteiger charge is -2.08. The zero-order chi connectivity index (χ0) is 21.6. The molecular formula is C25H20ClN3O2. The van der Waals surface area contributed by atoms with Gasteiger partial charge in [0.05, 0.1) is 16.9 Å². The Balaban J connectivity index is 1.41. The Hall–Kier alpha value is -3.70. The summed E-state index contributed by atoms with van der Waals surface area (Å²) in [5, 5.41) is 11.6. The lowest BCUT2D eigenvalue weighted by molar-refractivity contribution is -0.124. The fraction of sp³-hybridized carbons (Fsp3) is 0.0800. The minimum absolute atomic E-state index is 0.0178. The number of halogens is 1. The third-order valence-corrected chi connectivity index (χ3v) is 5.25. The van der Waals surface area contributed by atoms with Crippen LogP contribution in [0.1, 0.15) is 18.4 Å². The van der Waals surface area contributed by atoms with Gasteiger partial charge in [-0.1, -0.05) is 72.3 Å². The van der Waals surface area contributed by atoms with Gasteiger partial charge >= 0.3 is 0 Å². The first-order valence-electron chi connectivity index (χ1n) is 9.88. The lowest BCUT2D eigenvalue weighted by atomic mass is 9.97. The molecule has 0 saturated carbocycles. The van der Waals surface area contributed by atoms with E-state index in [9.17, 15) is 9.59 Å². The van der Waals surface area contributed by atoms with Gasteiger partial charge in [-0.15, -0.1) is 0 Å². The SMILES string of the molecule is O=C(CCC(=O)Nc1ccccc1Cl)NN=Cc1c2ccccc2cc2ccccc12. The van der Waals surface area contributed by atoms with Crippen LogP contribution in [0.2, 0.25) is 5.02 Å². The Morgan fingerprint density at radius 2 is 1.39 bits per heavy atom. The van der Waals surface area contributed by atoms with Gasteiger partial charge in [-0.3, -0.25) is 9.59 Å². The van der Waals surface area contributed by atoms with Crippen molar-refractivity contribution < 1.29 is 9.59 Å². The van der Waals surface area contributed by atoms with Crippen LogP contribution < -0.4 is 10.7 Å². The van der Waals surface area contributed by atoms with Gasteiger partial charge in [-0.05, 0) is 39.7 Å². The molecule has 4 aromatic rings. The van der Waals surface area contributed by atoms with E-state index in [2.05, 4.69) is 34.0 Å². The van der Waals surface area contributed by atoms with E-state index in [0.717, 1.165) is 27.1 Å². The van der Waals surface area contributed by atoms with Gasteiger partial charge in [-0.2, -0.15) is 5.10 Å². The second kappa shape index (κ2) is 9.41. The van der Waals surface area contributed by atoms with Crippen molar-refractivity contribution in [1.29, 1.82) is 0 Å². The number of carbonyl (C=O) groups excluding carboxylic acids is 2. The number of amides is 2. The lowest BCUT2D eigenvalue weighted by Crippen LogP contribution is -2.20. The summed E-state index contributed by atoms with van der Waals surface area (Å²) in [5.74, 6) is -0.623. The highest BCUT2D eigenvalue weighted by atomic mass is 35.5. The second-order valence-corrected chi connectivity index (χ2v) is 7.46. The second-order valence-electron chi connectivity index (χ2n) is 7.05. The van der Waals surface area contributed by atoms with E-state index in [0.29, 0.717) is 10.7 Å². The number of nitrogens with zero attached hydrogens (tertiary/aromatic N) is 1. The van der Waals surface area contributed by atoms with Gasteiger partial charge in [0.2, 0.25) is 11.8 Å². The molecule has 2 amide bonds. The minimum Gasteiger partial charge on any atom is -0.325 e. The monoisotopic (exact) mass is 429 g/mol. The summed E-state index contributed by atoms with van der Waals surface area (Å²) in [7, 11) is 0. The molecule has 6 heteroatoms. The summed E-state index contributed by atoms with van der Waals surface area (Å²) in [6.45, 7) is 0. The van der Waals surface area contributed by atoms with E-state index in [4.69, 9.17) is 11.6 Å². The normalized spacial score (nSPS) is 11.1. The molecule has 4 aromatic carbocycles. The predicted molar refractivity (Wildman–Crippen MR) is 127 cm³/mol. The molecule has 0 radical (unpaired) electrons. The minimum atomic E-state index is -0.338. The molecule has 0 fully saturated rings. The molecule has 31 heavy (non-hydrogen) atoms. The highest BCUT2D eigenvalue weighted by Gasteiger charge is 2.09. The number of anilines is 1. The topological polar surface area (TPSA) is 70.6 Å². The van der Waals surface area contributed by atoms with Gasteiger partial charge < -0.3 is 5.32 Å². The summed E-state index contributed by atoms with van der Waals surface area (Å²) in [4.78, 5) is 24.2. The average Bonchev–Trinajstić information content (AvgIpc) is 2.79. The maximum absolute atomic E-state index is 12.2. The summed E-state index contributed by atoms with van der Waals surface area (Å²) in [6.07, 6.45) is 1.71. The fourth-order valence-electron chi connectivity index (χ4n) is 3.42. The molecule has 2 N–H and O–H groups in total. The number of rotatable bonds is 6. The molecule has 0 unspecified atom stereocenters. The molecule has 0 atom stereocenters. The van der Waals surface area contributed by atoms with Crippen LogP contribution in [0.25, 0.3) is 21.5 Å². The number of hydrogen-bond acceptors (Lipinski definition) is 3. The molecule has 0 aliphatic rings. The zero-order valence-electron chi connectivity index (χ0n) is 16.6. The van der Waals surface area contributed by atoms with Gasteiger partial charge in [0.1, 0.15) is 0 Å². The molecule has 154 valence electrons. The molecule has 0 aliphatic carbocycles. The standard InChI is InChI=1S/C25H20ClN3O2/c26-22-11-5-6-12-23(22)28-24(30)13-14-25(31)29-27-16-21-19-9-3-1-7-17(19)15-18-8-2-4-10-20(18)21/h1-12,15-16H,13-14H2,(H,28,30)(H,29,31). The number of hydrogen-bond donors (Lipinski definition) is 2. The van der Waals surface area contributed by atoms with Crippen molar-refractivity contribution in [2.75, 3.05) is 5.32 Å². The smallest absolute Gasteiger partial charge is 0.240 e. The molecule has 0 saturated heterocycles. The van der Waals surface area contributed by atoms with Crippen molar-refractivity contribution in [1.82, 2.24) is 5.43 Å². The summed E-state index contributed by atoms with van der Waals surface area (Å²) in [5.41, 5.74) is 3.97. The number of hydrazone groups is 1. The third kappa shape index (κ3) is 4.90. The van der Waals surface area contributed by atoms with Crippen molar-refractivity contribution in [2.24, 2.45) is 5.10 Å². The van der Waals surface area contributed by atoms with Crippen molar-refractivity contribution in [3.8, 4) is 0 Å². The molecule has 0 aromatic heterocycles. The first kappa shape index (κ1) is 20.6. The predicted octanol–water partition coefficient (Wildman–Crippen LogP) is 5.52. The Morgan fingerprint density at radius 3 is 2.06 bits per heavy atom. The van der Waals surface area contributed by atoms with Crippen LogP contribution in [0.4, 0.5) is 5.69 Å². The maximum atomic E-state index is 12.2. The van der Waals surface area contributed by atoms with Crippen LogP contribution >= 0.6 is 11.6 Å². The zero-order valence-corrected chi connectivity index (χ0v) is 17.4. The molecule has 0 bridgehead atoms. The average molecular weight is 430 g/mol. The molecule has 5 nitrogen and oxygen atoms in total. The number of para-hydroxylation sites is 1. The van der Waals surface area contributed by atoms with Crippen molar-refractivity contribution in [2.45, 2.75) is 12.8 Å². The van der Waals surface area contributed by atoms with E-state index in [1.54, 1.807) is 30.5 Å². The van der Waals surface area contributed by atoms with Crippen LogP contribution in [-0.2, 0) is 9.59 Å². The van der Waals surface area contributed by atoms with Crippen LogP contribution in [0.3, 0.4) is 0 Å². The highest BCUT2D eigenvalue weighted by Crippen LogP contribution is 2.27. The number of nitrogens with one attached hydrogen (secondary N) is 2. The fourth-order valence-corrected chi connectivity index (χ4v) is 3.60. The maximum Gasteiger partial charge on any atom is 0.240 e. The summed E-state index contributed by atoms with van der Waals surface area (Å²) in [6, 6.07) is 25.2. The van der Waals surface area contributed by atoms with Crippen LogP contribution in [0.5, 0.6) is 0 Å². The number of carbonyl (C=O) groups is 2. The number of fused-ring (bicyclic) bond motifs is 2. The summed E-state index contributed by atoms with van der Waals surface area (Å²) >= 11 is 6.03. The van der Waals surface area contributed by atoms with Crippen LogP contribution in [0.15, 0.2) is 84.0 Å². The van der Waals surface area contributed by atoms with Gasteiger partial charge in [0.25, 0.3) is 0 Å². The van der Waals surface area contributed by atoms with Crippen molar-refractivity contribution >= 4 is 56.9 Å². The van der Waals surface area contributed by atoms with E-state index in [1.165, 1.54) is 0 Å². The first-order chi connectivity index (χ1) is 15.1. The van der Waals surface area contributed by atoms with E-state index >= 15 is 0 Å². The van der Waals surface area contributed by atoms with Gasteiger partial charge in [0.15, 0.2) is 0 Å². The quantitative estimate of drug-likeness (QED) is 0.241.